The average molecular weight is 346 g/mol. The molecule has 126 valence electrons. The Morgan fingerprint density at radius 1 is 1.25 bits per heavy atom. The Kier molecular flexibility index (Phi) is 5.33. The zero-order valence-electron chi connectivity index (χ0n) is 13.3. The molecular formula is C18H20ClN3O2. The number of rotatable bonds is 5. The number of benzene rings is 2. The maximum absolute atomic E-state index is 11.2. The minimum absolute atomic E-state index is 0.0303. The van der Waals surface area contributed by atoms with Crippen LogP contribution in [0.2, 0.25) is 5.02 Å². The van der Waals surface area contributed by atoms with E-state index in [1.54, 1.807) is 12.1 Å². The van der Waals surface area contributed by atoms with E-state index in [0.29, 0.717) is 10.7 Å². The summed E-state index contributed by atoms with van der Waals surface area (Å²) in [5, 5.41) is 14.9. The second kappa shape index (κ2) is 7.64. The van der Waals surface area contributed by atoms with Gasteiger partial charge in [-0.2, -0.15) is 0 Å². The minimum Gasteiger partial charge on any atom is -0.375 e. The molecule has 1 fully saturated rings. The smallest absolute Gasteiger partial charge is 0.293 e. The zero-order chi connectivity index (χ0) is 16.9. The number of nitrogens with one attached hydrogen (secondary N) is 1. The summed E-state index contributed by atoms with van der Waals surface area (Å²) in [5.41, 5.74) is 1.86. The number of hydrogen-bond acceptors (Lipinski definition) is 4. The second-order valence-corrected chi connectivity index (χ2v) is 6.56. The fraction of sp³-hybridized carbons (Fsp3) is 0.333. The highest BCUT2D eigenvalue weighted by Gasteiger charge is 2.23. The minimum atomic E-state index is -0.390. The molecule has 5 nitrogen and oxygen atoms in total. The molecule has 1 heterocycles. The molecule has 1 unspecified atom stereocenters. The van der Waals surface area contributed by atoms with Gasteiger partial charge in [0.1, 0.15) is 5.69 Å². The lowest BCUT2D eigenvalue weighted by atomic mass is 10.0. The van der Waals surface area contributed by atoms with Gasteiger partial charge < -0.3 is 5.32 Å². The van der Waals surface area contributed by atoms with Gasteiger partial charge in [-0.1, -0.05) is 41.9 Å². The molecule has 3 rings (SSSR count). The Labute approximate surface area is 146 Å². The fourth-order valence-corrected chi connectivity index (χ4v) is 3.32. The van der Waals surface area contributed by atoms with E-state index in [1.807, 2.05) is 18.2 Å². The van der Waals surface area contributed by atoms with Crippen LogP contribution < -0.4 is 5.32 Å². The van der Waals surface area contributed by atoms with E-state index in [2.05, 4.69) is 22.3 Å². The van der Waals surface area contributed by atoms with Gasteiger partial charge in [0.05, 0.1) is 4.92 Å². The molecule has 1 aliphatic heterocycles. The van der Waals surface area contributed by atoms with Gasteiger partial charge in [-0.25, -0.2) is 0 Å². The summed E-state index contributed by atoms with van der Waals surface area (Å²) in [6.07, 6.45) is 2.08. The molecule has 1 saturated heterocycles. The van der Waals surface area contributed by atoms with Crippen LogP contribution in [-0.2, 0) is 6.54 Å². The number of nitro groups is 1. The first-order chi connectivity index (χ1) is 11.6. The quantitative estimate of drug-likeness (QED) is 0.647. The second-order valence-electron chi connectivity index (χ2n) is 6.12. The lowest BCUT2D eigenvalue weighted by molar-refractivity contribution is -0.384. The molecule has 0 bridgehead atoms. The Morgan fingerprint density at radius 2 is 2.04 bits per heavy atom. The van der Waals surface area contributed by atoms with Crippen molar-refractivity contribution in [3.05, 3.63) is 69.2 Å². The molecule has 0 spiro atoms. The Bertz CT molecular complexity index is 709. The van der Waals surface area contributed by atoms with Gasteiger partial charge in [0.25, 0.3) is 5.69 Å². The first-order valence-corrected chi connectivity index (χ1v) is 8.46. The molecule has 24 heavy (non-hydrogen) atoms. The van der Waals surface area contributed by atoms with Crippen LogP contribution >= 0.6 is 11.6 Å². The summed E-state index contributed by atoms with van der Waals surface area (Å²) in [5.74, 6) is 0. The SMILES string of the molecule is O=[N+]([O-])c1cc(Cl)ccc1NC1CCCN(Cc2ccccc2)C1. The summed E-state index contributed by atoms with van der Waals surface area (Å²) in [7, 11) is 0. The van der Waals surface area contributed by atoms with Crippen molar-refractivity contribution in [2.45, 2.75) is 25.4 Å². The van der Waals surface area contributed by atoms with Gasteiger partial charge in [0.15, 0.2) is 0 Å². The normalized spacial score (nSPS) is 18.3. The summed E-state index contributed by atoms with van der Waals surface area (Å²) in [6, 6.07) is 15.3. The fourth-order valence-electron chi connectivity index (χ4n) is 3.16. The monoisotopic (exact) mass is 345 g/mol. The van der Waals surface area contributed by atoms with Gasteiger partial charge in [-0.3, -0.25) is 15.0 Å². The van der Waals surface area contributed by atoms with Crippen molar-refractivity contribution in [1.29, 1.82) is 0 Å². The predicted molar refractivity (Wildman–Crippen MR) is 96.5 cm³/mol. The Hall–Kier alpha value is -2.11. The number of hydrogen-bond donors (Lipinski definition) is 1. The van der Waals surface area contributed by atoms with Crippen molar-refractivity contribution in [3.8, 4) is 0 Å². The van der Waals surface area contributed by atoms with E-state index in [1.165, 1.54) is 11.6 Å². The average Bonchev–Trinajstić information content (AvgIpc) is 2.57. The summed E-state index contributed by atoms with van der Waals surface area (Å²) in [6.45, 7) is 2.83. The van der Waals surface area contributed by atoms with Crippen molar-refractivity contribution in [1.82, 2.24) is 4.90 Å². The third kappa shape index (κ3) is 4.24. The van der Waals surface area contributed by atoms with Crippen molar-refractivity contribution in [3.63, 3.8) is 0 Å². The molecule has 0 aliphatic carbocycles. The summed E-state index contributed by atoms with van der Waals surface area (Å²) >= 11 is 5.88. The van der Waals surface area contributed by atoms with Crippen molar-refractivity contribution in [2.24, 2.45) is 0 Å². The molecule has 1 aliphatic rings. The maximum atomic E-state index is 11.2. The molecular weight excluding hydrogens is 326 g/mol. The largest absolute Gasteiger partial charge is 0.375 e. The lowest BCUT2D eigenvalue weighted by Crippen LogP contribution is -2.41. The van der Waals surface area contributed by atoms with Gasteiger partial charge in [-0.05, 0) is 37.1 Å². The highest BCUT2D eigenvalue weighted by atomic mass is 35.5. The van der Waals surface area contributed by atoms with E-state index < -0.39 is 4.92 Å². The molecule has 2 aromatic carbocycles. The zero-order valence-corrected chi connectivity index (χ0v) is 14.1. The van der Waals surface area contributed by atoms with Crippen LogP contribution in [0.4, 0.5) is 11.4 Å². The molecule has 0 amide bonds. The molecule has 1 atom stereocenters. The molecule has 6 heteroatoms. The highest BCUT2D eigenvalue weighted by Crippen LogP contribution is 2.29. The number of nitro benzene ring substituents is 1. The molecule has 0 saturated carbocycles. The van der Waals surface area contributed by atoms with E-state index >= 15 is 0 Å². The van der Waals surface area contributed by atoms with Gasteiger partial charge in [-0.15, -0.1) is 0 Å². The number of nitrogens with zero attached hydrogens (tertiary/aromatic N) is 2. The topological polar surface area (TPSA) is 58.4 Å². The molecule has 0 aromatic heterocycles. The van der Waals surface area contributed by atoms with Gasteiger partial charge in [0, 0.05) is 30.2 Å². The first kappa shape index (κ1) is 16.7. The van der Waals surface area contributed by atoms with Crippen LogP contribution in [0.3, 0.4) is 0 Å². The Balaban J connectivity index is 1.66. The number of piperidine rings is 1. The lowest BCUT2D eigenvalue weighted by Gasteiger charge is -2.33. The molecule has 2 aromatic rings. The van der Waals surface area contributed by atoms with Crippen molar-refractivity contribution >= 4 is 23.0 Å². The molecule has 1 N–H and O–H groups in total. The van der Waals surface area contributed by atoms with E-state index in [0.717, 1.165) is 32.5 Å². The van der Waals surface area contributed by atoms with Crippen molar-refractivity contribution < 1.29 is 4.92 Å². The van der Waals surface area contributed by atoms with Crippen LogP contribution in [0, 0.1) is 10.1 Å². The number of halogens is 1. The van der Waals surface area contributed by atoms with E-state index in [4.69, 9.17) is 11.6 Å². The van der Waals surface area contributed by atoms with Crippen LogP contribution in [0.5, 0.6) is 0 Å². The van der Waals surface area contributed by atoms with Crippen LogP contribution in [0.1, 0.15) is 18.4 Å². The third-order valence-electron chi connectivity index (χ3n) is 4.27. The number of likely N-dealkylation sites (tertiary alicyclic amines) is 1. The van der Waals surface area contributed by atoms with Crippen molar-refractivity contribution in [2.75, 3.05) is 18.4 Å². The predicted octanol–water partition coefficient (Wildman–Crippen LogP) is 4.32. The first-order valence-electron chi connectivity index (χ1n) is 8.08. The van der Waals surface area contributed by atoms with Crippen LogP contribution in [0.25, 0.3) is 0 Å². The maximum Gasteiger partial charge on any atom is 0.293 e. The van der Waals surface area contributed by atoms with Gasteiger partial charge in [0.2, 0.25) is 0 Å². The molecule has 0 radical (unpaired) electrons. The van der Waals surface area contributed by atoms with E-state index in [-0.39, 0.29) is 11.7 Å². The third-order valence-corrected chi connectivity index (χ3v) is 4.51. The Morgan fingerprint density at radius 3 is 2.79 bits per heavy atom. The van der Waals surface area contributed by atoms with Gasteiger partial charge >= 0.3 is 0 Å². The number of anilines is 1. The summed E-state index contributed by atoms with van der Waals surface area (Å²) in [4.78, 5) is 13.2. The standard InChI is InChI=1S/C18H20ClN3O2/c19-15-8-9-17(18(11-15)22(23)24)20-16-7-4-10-21(13-16)12-14-5-2-1-3-6-14/h1-3,5-6,8-9,11,16,20H,4,7,10,12-13H2. The summed E-state index contributed by atoms with van der Waals surface area (Å²) < 4.78 is 0. The highest BCUT2D eigenvalue weighted by molar-refractivity contribution is 6.30. The van der Waals surface area contributed by atoms with Crippen LogP contribution in [-0.4, -0.2) is 29.0 Å². The van der Waals surface area contributed by atoms with Crippen LogP contribution in [0.15, 0.2) is 48.5 Å². The van der Waals surface area contributed by atoms with E-state index in [9.17, 15) is 10.1 Å².